The minimum Gasteiger partial charge on any atom is -0.321 e. The number of fused-ring (bicyclic) bond motifs is 1. The van der Waals surface area contributed by atoms with Crippen LogP contribution in [0.3, 0.4) is 0 Å². The highest BCUT2D eigenvalue weighted by molar-refractivity contribution is 5.82. The molecule has 2 heterocycles. The van der Waals surface area contributed by atoms with Crippen LogP contribution in [-0.4, -0.2) is 36.1 Å². The summed E-state index contributed by atoms with van der Waals surface area (Å²) < 4.78 is 2.13. The number of nitrogens with zero attached hydrogens (tertiary/aromatic N) is 5. The van der Waals surface area contributed by atoms with Gasteiger partial charge in [0.05, 0.1) is 17.6 Å². The number of H-pyrrole nitrogens is 1. The predicted molar refractivity (Wildman–Crippen MR) is 139 cm³/mol. The molecule has 2 aromatic heterocycles. The highest BCUT2D eigenvalue weighted by Crippen LogP contribution is 2.35. The Morgan fingerprint density at radius 1 is 1.03 bits per heavy atom. The summed E-state index contributed by atoms with van der Waals surface area (Å²) in [6.45, 7) is 7.04. The fraction of sp³-hybridized carbons (Fsp3) is 0.643. The van der Waals surface area contributed by atoms with Crippen molar-refractivity contribution in [2.24, 2.45) is 0 Å². The first-order valence-corrected chi connectivity index (χ1v) is 13.7. The van der Waals surface area contributed by atoms with E-state index in [2.05, 4.69) is 69.1 Å². The summed E-state index contributed by atoms with van der Waals surface area (Å²) in [5, 5.41) is 14.3. The molecule has 1 aromatic carbocycles. The lowest BCUT2D eigenvalue weighted by molar-refractivity contribution is 0.0821. The van der Waals surface area contributed by atoms with Gasteiger partial charge in [0.15, 0.2) is 5.82 Å². The Labute approximate surface area is 208 Å². The Bertz CT molecular complexity index is 1200. The molecule has 0 radical (unpaired) electrons. The van der Waals surface area contributed by atoms with Crippen molar-refractivity contribution in [1.29, 1.82) is 0 Å². The number of aryl methyl sites for hydroxylation is 2. The van der Waals surface area contributed by atoms with Gasteiger partial charge >= 0.3 is 0 Å². The summed E-state index contributed by atoms with van der Waals surface area (Å²) in [6, 6.07) is 7.36. The third kappa shape index (κ3) is 5.06. The maximum atomic E-state index is 13.3. The van der Waals surface area contributed by atoms with Crippen LogP contribution in [0.4, 0.5) is 0 Å². The minimum absolute atomic E-state index is 0.0204. The SMILES string of the molecule is CC[C@H](c1nnnn1C1CCCCC1)N(Cc1cc2cc(C)cc(C)c2[nH]c1=O)C1CCCCC1. The topological polar surface area (TPSA) is 79.7 Å². The van der Waals surface area contributed by atoms with Crippen LogP contribution in [-0.2, 0) is 6.54 Å². The molecule has 2 saturated carbocycles. The summed E-state index contributed by atoms with van der Waals surface area (Å²) in [5.41, 5.74) is 4.14. The molecule has 1 N–H and O–H groups in total. The first-order chi connectivity index (χ1) is 17.0. The third-order valence-corrected chi connectivity index (χ3v) is 8.29. The van der Waals surface area contributed by atoms with Crippen LogP contribution in [0.15, 0.2) is 23.0 Å². The predicted octanol–water partition coefficient (Wildman–Crippen LogP) is 5.92. The smallest absolute Gasteiger partial charge is 0.252 e. The lowest BCUT2D eigenvalue weighted by Gasteiger charge is -2.39. The molecule has 35 heavy (non-hydrogen) atoms. The zero-order chi connectivity index (χ0) is 24.4. The van der Waals surface area contributed by atoms with E-state index >= 15 is 0 Å². The van der Waals surface area contributed by atoms with Crippen molar-refractivity contribution < 1.29 is 0 Å². The van der Waals surface area contributed by atoms with E-state index in [1.54, 1.807) is 0 Å². The van der Waals surface area contributed by atoms with Crippen LogP contribution in [0.1, 0.15) is 112 Å². The molecule has 0 bridgehead atoms. The molecule has 2 aliphatic rings. The van der Waals surface area contributed by atoms with Gasteiger partial charge in [-0.25, -0.2) is 4.68 Å². The normalized spacial score (nSPS) is 19.0. The van der Waals surface area contributed by atoms with Gasteiger partial charge in [0, 0.05) is 18.2 Å². The first-order valence-electron chi connectivity index (χ1n) is 13.7. The van der Waals surface area contributed by atoms with E-state index in [0.29, 0.717) is 18.6 Å². The molecular weight excluding hydrogens is 436 g/mol. The first kappa shape index (κ1) is 24.2. The molecule has 0 amide bonds. The van der Waals surface area contributed by atoms with Crippen molar-refractivity contribution in [3.63, 3.8) is 0 Å². The Balaban J connectivity index is 1.53. The molecular formula is C28H40N6O. The number of aromatic nitrogens is 5. The van der Waals surface area contributed by atoms with E-state index in [-0.39, 0.29) is 11.6 Å². The van der Waals surface area contributed by atoms with Crippen LogP contribution in [0, 0.1) is 13.8 Å². The van der Waals surface area contributed by atoms with Crippen LogP contribution in [0.25, 0.3) is 10.9 Å². The fourth-order valence-electron chi connectivity index (χ4n) is 6.52. The van der Waals surface area contributed by atoms with Crippen molar-refractivity contribution in [3.8, 4) is 0 Å². The summed E-state index contributed by atoms with van der Waals surface area (Å²) in [7, 11) is 0. The fourth-order valence-corrected chi connectivity index (χ4v) is 6.52. The van der Waals surface area contributed by atoms with Crippen molar-refractivity contribution in [1.82, 2.24) is 30.1 Å². The summed E-state index contributed by atoms with van der Waals surface area (Å²) in [6.07, 6.45) is 13.2. The summed E-state index contributed by atoms with van der Waals surface area (Å²) in [4.78, 5) is 19.0. The zero-order valence-corrected chi connectivity index (χ0v) is 21.6. The van der Waals surface area contributed by atoms with Crippen molar-refractivity contribution in [3.05, 3.63) is 51.1 Å². The molecule has 7 nitrogen and oxygen atoms in total. The van der Waals surface area contributed by atoms with Gasteiger partial charge in [-0.2, -0.15) is 0 Å². The molecule has 3 aromatic rings. The molecule has 1 atom stereocenters. The molecule has 0 unspecified atom stereocenters. The number of pyridine rings is 1. The Kier molecular flexibility index (Phi) is 7.32. The van der Waals surface area contributed by atoms with E-state index in [4.69, 9.17) is 0 Å². The van der Waals surface area contributed by atoms with Gasteiger partial charge in [-0.1, -0.05) is 57.1 Å². The number of benzene rings is 1. The Morgan fingerprint density at radius 2 is 1.74 bits per heavy atom. The van der Waals surface area contributed by atoms with Gasteiger partial charge in [-0.3, -0.25) is 9.69 Å². The molecule has 0 spiro atoms. The lowest BCUT2D eigenvalue weighted by Crippen LogP contribution is -2.41. The van der Waals surface area contributed by atoms with Gasteiger partial charge in [-0.05, 0) is 79.5 Å². The molecule has 188 valence electrons. The maximum absolute atomic E-state index is 13.3. The second-order valence-electron chi connectivity index (χ2n) is 10.8. The quantitative estimate of drug-likeness (QED) is 0.458. The molecule has 0 aliphatic heterocycles. The van der Waals surface area contributed by atoms with E-state index in [9.17, 15) is 4.79 Å². The number of aromatic amines is 1. The zero-order valence-electron chi connectivity index (χ0n) is 21.6. The van der Waals surface area contributed by atoms with Crippen LogP contribution < -0.4 is 5.56 Å². The average molecular weight is 477 g/mol. The van der Waals surface area contributed by atoms with Gasteiger partial charge < -0.3 is 4.98 Å². The second kappa shape index (κ2) is 10.6. The van der Waals surface area contributed by atoms with E-state index in [1.165, 1.54) is 56.9 Å². The standard InChI is InChI=1S/C28H40N6O/c1-4-25(27-30-31-32-34(27)24-13-9-6-10-14-24)33(23-11-7-5-8-12-23)18-22-17-21-16-19(2)15-20(3)26(21)29-28(22)35/h15-17,23-25H,4-14,18H2,1-3H3,(H,29,35)/t25-/m1/s1. The van der Waals surface area contributed by atoms with Crippen molar-refractivity contribution in [2.45, 2.75) is 116 Å². The van der Waals surface area contributed by atoms with Gasteiger partial charge in [0.2, 0.25) is 0 Å². The van der Waals surface area contributed by atoms with Crippen LogP contribution in [0.5, 0.6) is 0 Å². The second-order valence-corrected chi connectivity index (χ2v) is 10.8. The monoisotopic (exact) mass is 476 g/mol. The van der Waals surface area contributed by atoms with E-state index in [0.717, 1.165) is 47.1 Å². The largest absolute Gasteiger partial charge is 0.321 e. The van der Waals surface area contributed by atoms with Gasteiger partial charge in [-0.15, -0.1) is 5.10 Å². The average Bonchev–Trinajstić information content (AvgIpc) is 3.35. The number of nitrogens with one attached hydrogen (secondary N) is 1. The maximum Gasteiger partial charge on any atom is 0.252 e. The third-order valence-electron chi connectivity index (χ3n) is 8.29. The number of hydrogen-bond acceptors (Lipinski definition) is 5. The Hall–Kier alpha value is -2.54. The number of hydrogen-bond donors (Lipinski definition) is 1. The van der Waals surface area contributed by atoms with Crippen LogP contribution in [0.2, 0.25) is 0 Å². The van der Waals surface area contributed by atoms with Crippen molar-refractivity contribution >= 4 is 10.9 Å². The summed E-state index contributed by atoms with van der Waals surface area (Å²) >= 11 is 0. The number of rotatable bonds is 7. The highest BCUT2D eigenvalue weighted by Gasteiger charge is 2.33. The Morgan fingerprint density at radius 3 is 2.46 bits per heavy atom. The van der Waals surface area contributed by atoms with Crippen LogP contribution >= 0.6 is 0 Å². The van der Waals surface area contributed by atoms with Gasteiger partial charge in [0.1, 0.15) is 0 Å². The molecule has 5 rings (SSSR count). The number of tetrazole rings is 1. The molecule has 7 heteroatoms. The molecule has 2 fully saturated rings. The highest BCUT2D eigenvalue weighted by atomic mass is 16.1. The lowest BCUT2D eigenvalue weighted by atomic mass is 9.91. The van der Waals surface area contributed by atoms with E-state index < -0.39 is 0 Å². The molecule has 2 aliphatic carbocycles. The summed E-state index contributed by atoms with van der Waals surface area (Å²) in [5.74, 6) is 0.980. The van der Waals surface area contributed by atoms with Gasteiger partial charge in [0.25, 0.3) is 5.56 Å². The van der Waals surface area contributed by atoms with E-state index in [1.807, 2.05) is 0 Å². The minimum atomic E-state index is 0.0204. The molecule has 0 saturated heterocycles. The van der Waals surface area contributed by atoms with Crippen molar-refractivity contribution in [2.75, 3.05) is 0 Å².